The van der Waals surface area contributed by atoms with Crippen LogP contribution >= 0.6 is 0 Å². The van der Waals surface area contributed by atoms with Gasteiger partial charge in [0.2, 0.25) is 112 Å². The number of imidazole rings is 1. The number of aliphatic carboxylic acids is 5. The van der Waals surface area contributed by atoms with Crippen molar-refractivity contribution in [2.75, 3.05) is 19.6 Å². The van der Waals surface area contributed by atoms with Crippen molar-refractivity contribution in [3.8, 4) is 0 Å². The number of H-pyrrole nitrogens is 1. The summed E-state index contributed by atoms with van der Waals surface area (Å²) >= 11 is 0. The van der Waals surface area contributed by atoms with Gasteiger partial charge in [0.25, 0.3) is 0 Å². The number of carbonyl (C=O) groups excluding carboxylic acids is 19. The van der Waals surface area contributed by atoms with Crippen LogP contribution in [-0.4, -0.2) is 300 Å². The van der Waals surface area contributed by atoms with Crippen molar-refractivity contribution in [2.24, 2.45) is 34.8 Å². The van der Waals surface area contributed by atoms with Gasteiger partial charge in [0.05, 0.1) is 44.7 Å². The molecule has 0 aliphatic carbocycles. The molecule has 0 bridgehead atoms. The van der Waals surface area contributed by atoms with Crippen LogP contribution < -0.4 is 119 Å². The number of benzene rings is 2. The first-order chi connectivity index (χ1) is 64.8. The van der Waals surface area contributed by atoms with Gasteiger partial charge in [0, 0.05) is 57.0 Å². The number of carbonyl (C=O) groups is 24. The van der Waals surface area contributed by atoms with Crippen LogP contribution in [0.2, 0.25) is 0 Å². The number of carboxylic acids is 5. The second-order valence-electron chi connectivity index (χ2n) is 32.5. The third kappa shape index (κ3) is 43.9. The van der Waals surface area contributed by atoms with Crippen LogP contribution in [-0.2, 0) is 134 Å². The molecule has 0 radical (unpaired) electrons. The Hall–Kier alpha value is -15.8. The van der Waals surface area contributed by atoms with Crippen molar-refractivity contribution in [3.05, 3.63) is 90.0 Å². The normalized spacial score (nSPS) is 14.6. The van der Waals surface area contributed by atoms with Gasteiger partial charge < -0.3 is 149 Å². The first-order valence-electron chi connectivity index (χ1n) is 43.4. The Bertz CT molecular complexity index is 4820. The lowest BCUT2D eigenvalue weighted by molar-refractivity contribution is -0.142. The van der Waals surface area contributed by atoms with Crippen molar-refractivity contribution in [3.63, 3.8) is 0 Å². The first-order valence-corrected chi connectivity index (χ1v) is 43.4. The first kappa shape index (κ1) is 116. The van der Waals surface area contributed by atoms with Crippen LogP contribution in [0.5, 0.6) is 0 Å². The van der Waals surface area contributed by atoms with E-state index >= 15 is 0 Å². The van der Waals surface area contributed by atoms with Gasteiger partial charge in [-0.05, 0) is 82.8 Å². The van der Waals surface area contributed by atoms with E-state index in [1.807, 2.05) is 10.6 Å². The minimum absolute atomic E-state index is 0.0766. The van der Waals surface area contributed by atoms with Crippen molar-refractivity contribution in [1.29, 1.82) is 5.41 Å². The Kier molecular flexibility index (Phi) is 49.8. The molecule has 33 N–H and O–H groups in total. The Morgan fingerprint density at radius 3 is 1.20 bits per heavy atom. The molecule has 0 aliphatic rings. The van der Waals surface area contributed by atoms with E-state index in [2.05, 4.69) is 95.0 Å². The number of rotatable bonds is 63. The van der Waals surface area contributed by atoms with Crippen LogP contribution in [0.1, 0.15) is 149 Å². The highest BCUT2D eigenvalue weighted by Gasteiger charge is 2.40. The molecule has 1 heterocycles. The van der Waals surface area contributed by atoms with E-state index in [0.29, 0.717) is 11.3 Å². The van der Waals surface area contributed by atoms with Crippen molar-refractivity contribution < 1.29 is 141 Å². The van der Waals surface area contributed by atoms with Gasteiger partial charge in [0.15, 0.2) is 5.96 Å². The number of nitrogens with zero attached hydrogens (tertiary/aromatic N) is 1. The van der Waals surface area contributed by atoms with Crippen LogP contribution in [0.3, 0.4) is 0 Å². The van der Waals surface area contributed by atoms with Crippen molar-refractivity contribution in [2.45, 2.75) is 248 Å². The molecule has 3 aromatic rings. The number of amides is 19. The highest BCUT2D eigenvalue weighted by molar-refractivity contribution is 6.03. The minimum atomic E-state index is -2.22. The second kappa shape index (κ2) is 59.0. The number of hydrogen-bond acceptors (Lipinski definition) is 27. The third-order valence-corrected chi connectivity index (χ3v) is 20.6. The highest BCUT2D eigenvalue weighted by Crippen LogP contribution is 2.16. The fourth-order valence-electron chi connectivity index (χ4n) is 12.8. The maximum atomic E-state index is 14.7. The maximum absolute atomic E-state index is 14.7. The predicted octanol–water partition coefficient (Wildman–Crippen LogP) is -9.78. The number of aromatic nitrogens is 2. The van der Waals surface area contributed by atoms with E-state index in [9.17, 15) is 141 Å². The van der Waals surface area contributed by atoms with Crippen LogP contribution in [0, 0.1) is 17.2 Å². The van der Waals surface area contributed by atoms with Crippen LogP contribution in [0.25, 0.3) is 0 Å². The summed E-state index contributed by atoms with van der Waals surface area (Å²) in [7, 11) is 0. The van der Waals surface area contributed by atoms with E-state index in [1.54, 1.807) is 50.2 Å². The van der Waals surface area contributed by atoms with E-state index in [1.165, 1.54) is 71.4 Å². The quantitative estimate of drug-likeness (QED) is 0.0142. The standard InChI is InChI=1S/C84H123N25O29/c1-9-40(4)67(109-80(134)57(34-65(120)121)104-72(126)48(85)31-47-35-90-38-94-47)82(136)98-44(8)71(125)103-54(30-46-19-14-11-15-20-46)79(133)108-66(39(2)3)81(135)101-51(24-27-63(116)117)76(130)105-53(29-45-17-12-10-13-18-45)77(131)100-50(23-26-62(114)115)75(129)106-55(32-59(87)111)78(132)107-56(33-64(118)119)73(127)93-37-61(113)99-49(22-25-58(86)110)74(128)97-41(5)68(122)92-36-60(112)95-42(6)69(123)96-43(7)70(124)102-52(83(137)138)21-16-28-91-84(88)89/h10-15,17-20,35,38-44,48-57,66-67H,9,16,21-34,36-37,85H2,1-8H3,(H2,86,110)(H2,87,111)(H,90,94)(H,92,122)(H,93,127)(H,95,112)(H,96,123)(H,97,128)(H,98,136)(H,99,113)(H,100,131)(H,101,135)(H,102,124)(H,103,125)(H,104,126)(H,105,130)(H,106,129)(H,107,132)(H,108,133)(H,109,134)(H,114,115)(H,116,117)(H,118,119)(H,120,121)(H,137,138)(H4,88,89,91)/t40-,41-,42-,43-,44-,48-,49-,50-,51-,52-,53-,54-,55-,56-,57-,66-,67-/m0/s1. The Morgan fingerprint density at radius 2 is 0.732 bits per heavy atom. The lowest BCUT2D eigenvalue weighted by Crippen LogP contribution is -2.62. The topological polar surface area (TPSA) is 884 Å². The van der Waals surface area contributed by atoms with E-state index < -0.39 is 328 Å². The fourth-order valence-corrected chi connectivity index (χ4v) is 12.8. The molecule has 0 aliphatic heterocycles. The zero-order chi connectivity index (χ0) is 104. The number of guanidine groups is 1. The second-order valence-corrected chi connectivity index (χ2v) is 32.5. The zero-order valence-electron chi connectivity index (χ0n) is 76.8. The van der Waals surface area contributed by atoms with E-state index in [4.69, 9.17) is 28.3 Å². The van der Waals surface area contributed by atoms with Crippen LogP contribution in [0.4, 0.5) is 0 Å². The third-order valence-electron chi connectivity index (χ3n) is 20.6. The molecule has 0 saturated heterocycles. The fraction of sp³-hybridized carbons (Fsp3) is 0.524. The van der Waals surface area contributed by atoms with Gasteiger partial charge in [-0.1, -0.05) is 94.8 Å². The molecule has 0 spiro atoms. The molecule has 138 heavy (non-hydrogen) atoms. The molecule has 19 amide bonds. The monoisotopic (exact) mass is 1950 g/mol. The predicted molar refractivity (Wildman–Crippen MR) is 480 cm³/mol. The Labute approximate surface area is 789 Å². The molecule has 2 aromatic carbocycles. The molecule has 758 valence electrons. The number of hydrogen-bond donors (Lipinski definition) is 29. The number of nitrogens with two attached hydrogens (primary N) is 4. The van der Waals surface area contributed by atoms with E-state index in [0.717, 1.165) is 6.92 Å². The molecule has 1 aromatic heterocycles. The Morgan fingerprint density at radius 1 is 0.362 bits per heavy atom. The highest BCUT2D eigenvalue weighted by atomic mass is 16.4. The summed E-state index contributed by atoms with van der Waals surface area (Å²) in [5.74, 6) is -31.5. The summed E-state index contributed by atoms with van der Waals surface area (Å²) < 4.78 is 0. The molecular formula is C84H123N25O29. The SMILES string of the molecule is CC[C@H](C)[C@H](NC(=O)[C@H](CC(=O)O)NC(=O)[C@@H](N)Cc1cnc[nH]1)C(=O)N[C@@H](C)C(=O)N[C@@H](Cc1ccccc1)C(=O)N[C@H](C(=O)N[C@@H](CCC(=O)O)C(=O)N[C@@H](Cc1ccccc1)C(=O)N[C@@H](CCC(=O)O)C(=O)N[C@@H](CC(N)=O)C(=O)N[C@@H](CC(=O)O)C(=O)NCC(=O)N[C@@H](CCC(N)=O)C(=O)N[C@@H](C)C(=O)NCC(=O)N[C@@H](C)C(=O)N[C@@H](C)C(=O)N[C@@H](CCCNC(=N)N)C(=O)O)C(C)C. The maximum Gasteiger partial charge on any atom is 0.326 e. The summed E-state index contributed by atoms with van der Waals surface area (Å²) in [6.07, 6.45) is -5.70. The van der Waals surface area contributed by atoms with Gasteiger partial charge in [-0.3, -0.25) is 116 Å². The number of nitrogens with one attached hydrogen (secondary N) is 20. The molecule has 54 nitrogen and oxygen atoms in total. The van der Waals surface area contributed by atoms with Gasteiger partial charge in [0.1, 0.15) is 90.6 Å². The zero-order valence-corrected chi connectivity index (χ0v) is 76.8. The van der Waals surface area contributed by atoms with Gasteiger partial charge >= 0.3 is 29.8 Å². The molecule has 0 unspecified atom stereocenters. The summed E-state index contributed by atoms with van der Waals surface area (Å²) in [6.45, 7) is 9.08. The molecule has 0 saturated carbocycles. The van der Waals surface area contributed by atoms with Gasteiger partial charge in [-0.15, -0.1) is 0 Å². The van der Waals surface area contributed by atoms with Crippen LogP contribution in [0.15, 0.2) is 73.2 Å². The molecule has 3 rings (SSSR count). The van der Waals surface area contributed by atoms with Gasteiger partial charge in [-0.2, -0.15) is 0 Å². The summed E-state index contributed by atoms with van der Waals surface area (Å²) in [6, 6.07) is -11.3. The lowest BCUT2D eigenvalue weighted by Gasteiger charge is -2.29. The van der Waals surface area contributed by atoms with Crippen molar-refractivity contribution >= 4 is 148 Å². The molecular weight excluding hydrogens is 1820 g/mol. The van der Waals surface area contributed by atoms with Crippen molar-refractivity contribution in [1.82, 2.24) is 106 Å². The average molecular weight is 1950 g/mol. The average Bonchev–Trinajstić information content (AvgIpc) is 0.928. The van der Waals surface area contributed by atoms with Gasteiger partial charge in [-0.25, -0.2) is 9.78 Å². The number of primary amides is 2. The van der Waals surface area contributed by atoms with E-state index in [-0.39, 0.29) is 50.2 Å². The molecule has 54 heteroatoms. The molecule has 17 atom stereocenters. The molecule has 0 fully saturated rings. The summed E-state index contributed by atoms with van der Waals surface area (Å²) in [5.41, 5.74) is 23.2. The number of aromatic amines is 1. The smallest absolute Gasteiger partial charge is 0.326 e. The summed E-state index contributed by atoms with van der Waals surface area (Å²) in [5, 5.41) is 97.5. The summed E-state index contributed by atoms with van der Waals surface area (Å²) in [4.78, 5) is 326. The minimum Gasteiger partial charge on any atom is -0.481 e. The number of carboxylic acid groups (broad SMARTS) is 5. The largest absolute Gasteiger partial charge is 0.481 e. The Balaban J connectivity index is 1.84. The lowest BCUT2D eigenvalue weighted by atomic mass is 9.97.